The number of carbonyl (C=O) groups excluding carboxylic acids is 1. The third-order valence-electron chi connectivity index (χ3n) is 0.773. The van der Waals surface area contributed by atoms with Crippen LogP contribution in [0.4, 0.5) is 0 Å². The van der Waals surface area contributed by atoms with Crippen LogP contribution in [-0.2, 0) is 4.79 Å². The highest BCUT2D eigenvalue weighted by Crippen LogP contribution is 1.77. The summed E-state index contributed by atoms with van der Waals surface area (Å²) in [5.74, 6) is -0.00935. The zero-order valence-electron chi connectivity index (χ0n) is 5.39. The highest BCUT2D eigenvalue weighted by Gasteiger charge is 1.91. The normalized spacial score (nSPS) is 8.00. The average Bonchev–Trinajstić information content (AvgIpc) is 1.85. The quantitative estimate of drug-likeness (QED) is 0.558. The number of rotatable bonds is 4. The molecule has 0 fully saturated rings. The minimum atomic E-state index is -0.00935. The summed E-state index contributed by atoms with van der Waals surface area (Å²) in [6.07, 6.45) is 3.59. The molecule has 1 N–H and O–H groups in total. The third-order valence-corrected chi connectivity index (χ3v) is 0.773. The SMILES string of the molecule is C=CCN[14C](=O)CC=C. The molecule has 2 nitrogen and oxygen atoms in total. The van der Waals surface area contributed by atoms with Gasteiger partial charge in [-0.3, -0.25) is 4.79 Å². The molecule has 0 heterocycles. The molecule has 0 aromatic rings. The van der Waals surface area contributed by atoms with Crippen LogP contribution in [0.3, 0.4) is 0 Å². The Morgan fingerprint density at radius 1 is 1.44 bits per heavy atom. The molecule has 0 spiro atoms. The average molecular weight is 127 g/mol. The van der Waals surface area contributed by atoms with Gasteiger partial charge in [-0.05, 0) is 0 Å². The number of carbonyl (C=O) groups is 1. The largest absolute Gasteiger partial charge is 0.352 e. The van der Waals surface area contributed by atoms with Gasteiger partial charge in [-0.2, -0.15) is 0 Å². The molecule has 0 aromatic carbocycles. The monoisotopic (exact) mass is 127 g/mol. The maximum Gasteiger partial charge on any atom is 0.224 e. The van der Waals surface area contributed by atoms with Crippen molar-refractivity contribution >= 4 is 5.91 Å². The van der Waals surface area contributed by atoms with Crippen LogP contribution in [0.2, 0.25) is 0 Å². The van der Waals surface area contributed by atoms with Gasteiger partial charge in [-0.25, -0.2) is 0 Å². The second-order valence-electron chi connectivity index (χ2n) is 1.59. The Hall–Kier alpha value is -1.05. The van der Waals surface area contributed by atoms with Crippen molar-refractivity contribution < 1.29 is 4.79 Å². The van der Waals surface area contributed by atoms with Gasteiger partial charge in [0.2, 0.25) is 5.91 Å². The van der Waals surface area contributed by atoms with Crippen molar-refractivity contribution in [1.29, 1.82) is 0 Å². The summed E-state index contributed by atoms with van der Waals surface area (Å²) in [6, 6.07) is 0. The van der Waals surface area contributed by atoms with Crippen LogP contribution < -0.4 is 5.32 Å². The van der Waals surface area contributed by atoms with Gasteiger partial charge >= 0.3 is 0 Å². The second-order valence-corrected chi connectivity index (χ2v) is 1.59. The van der Waals surface area contributed by atoms with Gasteiger partial charge in [0.25, 0.3) is 0 Å². The van der Waals surface area contributed by atoms with Crippen molar-refractivity contribution in [2.45, 2.75) is 6.42 Å². The van der Waals surface area contributed by atoms with Crippen molar-refractivity contribution in [2.24, 2.45) is 0 Å². The number of hydrogen-bond acceptors (Lipinski definition) is 1. The smallest absolute Gasteiger partial charge is 0.224 e. The molecule has 0 rings (SSSR count). The molecule has 0 aliphatic rings. The fourth-order valence-electron chi connectivity index (χ4n) is 0.389. The Morgan fingerprint density at radius 3 is 2.56 bits per heavy atom. The van der Waals surface area contributed by atoms with Crippen LogP contribution in [0.1, 0.15) is 6.42 Å². The zero-order chi connectivity index (χ0) is 7.11. The van der Waals surface area contributed by atoms with E-state index >= 15 is 0 Å². The van der Waals surface area contributed by atoms with Crippen molar-refractivity contribution in [3.05, 3.63) is 25.3 Å². The van der Waals surface area contributed by atoms with Crippen LogP contribution in [0.5, 0.6) is 0 Å². The van der Waals surface area contributed by atoms with E-state index in [9.17, 15) is 4.79 Å². The molecule has 50 valence electrons. The Kier molecular flexibility index (Phi) is 4.50. The molecule has 0 aliphatic carbocycles. The maximum absolute atomic E-state index is 10.6. The van der Waals surface area contributed by atoms with Crippen LogP contribution >= 0.6 is 0 Å². The van der Waals surface area contributed by atoms with E-state index in [1.807, 2.05) is 0 Å². The van der Waals surface area contributed by atoms with E-state index in [-0.39, 0.29) is 5.91 Å². The summed E-state index contributed by atoms with van der Waals surface area (Å²) in [7, 11) is 0. The summed E-state index contributed by atoms with van der Waals surface area (Å²) < 4.78 is 0. The number of nitrogens with one attached hydrogen (secondary N) is 1. The Balaban J connectivity index is 3.26. The minimum absolute atomic E-state index is 0.00935. The fourth-order valence-corrected chi connectivity index (χ4v) is 0.389. The Labute approximate surface area is 55.3 Å². The number of hydrogen-bond donors (Lipinski definition) is 1. The molecule has 0 radical (unpaired) electrons. The molecule has 0 aromatic heterocycles. The van der Waals surface area contributed by atoms with Crippen molar-refractivity contribution in [3.8, 4) is 0 Å². The topological polar surface area (TPSA) is 29.1 Å². The first-order valence-corrected chi connectivity index (χ1v) is 2.79. The van der Waals surface area contributed by atoms with Crippen LogP contribution in [0.25, 0.3) is 0 Å². The molecule has 0 bridgehead atoms. The van der Waals surface area contributed by atoms with Crippen LogP contribution in [-0.4, -0.2) is 12.5 Å². The third kappa shape index (κ3) is 4.81. The van der Waals surface area contributed by atoms with E-state index in [4.69, 9.17) is 0 Å². The Bertz CT molecular complexity index is 118. The van der Waals surface area contributed by atoms with Gasteiger partial charge in [-0.1, -0.05) is 12.2 Å². The molecule has 9 heavy (non-hydrogen) atoms. The molecule has 0 atom stereocenters. The van der Waals surface area contributed by atoms with E-state index in [1.165, 1.54) is 0 Å². The molecular weight excluding hydrogens is 116 g/mol. The van der Waals surface area contributed by atoms with E-state index < -0.39 is 0 Å². The molecule has 1 amide bonds. The minimum Gasteiger partial charge on any atom is -0.352 e. The lowest BCUT2D eigenvalue weighted by Gasteiger charge is -1.95. The predicted octanol–water partition coefficient (Wildman–Crippen LogP) is 0.865. The van der Waals surface area contributed by atoms with E-state index in [2.05, 4.69) is 18.5 Å². The summed E-state index contributed by atoms with van der Waals surface area (Å²) in [4.78, 5) is 10.6. The van der Waals surface area contributed by atoms with Gasteiger partial charge in [0, 0.05) is 13.0 Å². The zero-order valence-corrected chi connectivity index (χ0v) is 5.39. The van der Waals surface area contributed by atoms with Gasteiger partial charge in [-0.15, -0.1) is 13.2 Å². The van der Waals surface area contributed by atoms with E-state index in [0.29, 0.717) is 13.0 Å². The van der Waals surface area contributed by atoms with Gasteiger partial charge in [0.15, 0.2) is 0 Å². The first kappa shape index (κ1) is 7.95. The second kappa shape index (κ2) is 5.09. The van der Waals surface area contributed by atoms with E-state index in [0.717, 1.165) is 0 Å². The van der Waals surface area contributed by atoms with Crippen molar-refractivity contribution in [2.75, 3.05) is 6.54 Å². The van der Waals surface area contributed by atoms with Crippen molar-refractivity contribution in [1.82, 2.24) is 5.32 Å². The highest BCUT2D eigenvalue weighted by molar-refractivity contribution is 5.77. The maximum atomic E-state index is 10.6. The predicted molar refractivity (Wildman–Crippen MR) is 38.0 cm³/mol. The summed E-state index contributed by atoms with van der Waals surface area (Å²) in [5.41, 5.74) is 0. The summed E-state index contributed by atoms with van der Waals surface area (Å²) in [5, 5.41) is 2.60. The first-order valence-electron chi connectivity index (χ1n) is 2.79. The number of amides is 1. The molecule has 0 saturated heterocycles. The molecule has 0 saturated carbocycles. The fraction of sp³-hybridized carbons (Fsp3) is 0.286. The highest BCUT2D eigenvalue weighted by atomic mass is 16.3. The molecular formula is C7H11NO. The standard InChI is InChI=1S/C7H11NO/c1-3-5-7(9)8-6-4-2/h3-4H,1-2,5-6H2,(H,8,9)/i7+2. The first-order chi connectivity index (χ1) is 4.31. The summed E-state index contributed by atoms with van der Waals surface area (Å²) in [6.45, 7) is 7.41. The van der Waals surface area contributed by atoms with Crippen molar-refractivity contribution in [3.63, 3.8) is 0 Å². The lowest BCUT2D eigenvalue weighted by molar-refractivity contribution is -0.120. The molecule has 0 aliphatic heterocycles. The van der Waals surface area contributed by atoms with E-state index in [1.54, 1.807) is 12.2 Å². The molecule has 0 unspecified atom stereocenters. The summed E-state index contributed by atoms with van der Waals surface area (Å²) >= 11 is 0. The van der Waals surface area contributed by atoms with Gasteiger partial charge in [0.1, 0.15) is 0 Å². The van der Waals surface area contributed by atoms with Gasteiger partial charge < -0.3 is 5.32 Å². The molecule has 2 heteroatoms. The Morgan fingerprint density at radius 2 is 2.11 bits per heavy atom. The van der Waals surface area contributed by atoms with Gasteiger partial charge in [0.05, 0.1) is 0 Å². The van der Waals surface area contributed by atoms with Crippen LogP contribution in [0.15, 0.2) is 25.3 Å². The van der Waals surface area contributed by atoms with Crippen LogP contribution in [0, 0.1) is 0 Å². The lowest BCUT2D eigenvalue weighted by atomic mass is 10.6. The lowest BCUT2D eigenvalue weighted by Crippen LogP contribution is -2.21.